The third kappa shape index (κ3) is 4.70. The molecule has 0 spiro atoms. The number of H-pyrrole nitrogens is 1. The van der Waals surface area contributed by atoms with E-state index < -0.39 is 6.04 Å². The number of aryl methyl sites for hydroxylation is 2. The van der Waals surface area contributed by atoms with E-state index in [0.29, 0.717) is 48.2 Å². The molecule has 0 bridgehead atoms. The number of benzene rings is 2. The number of carbonyl (C=O) groups excluding carboxylic acids is 1. The van der Waals surface area contributed by atoms with Crippen molar-refractivity contribution < 1.29 is 19.4 Å². The van der Waals surface area contributed by atoms with E-state index in [9.17, 15) is 9.90 Å². The van der Waals surface area contributed by atoms with Gasteiger partial charge in [0.15, 0.2) is 11.5 Å². The molecule has 0 fully saturated rings. The van der Waals surface area contributed by atoms with E-state index in [0.717, 1.165) is 41.5 Å². The van der Waals surface area contributed by atoms with Gasteiger partial charge < -0.3 is 19.5 Å². The topological polar surface area (TPSA) is 87.7 Å². The average molecular weight is 490 g/mol. The molecule has 1 unspecified atom stereocenters. The van der Waals surface area contributed by atoms with E-state index in [1.165, 1.54) is 0 Å². The summed E-state index contributed by atoms with van der Waals surface area (Å²) in [6.45, 7) is 13.3. The fraction of sp³-hybridized carbons (Fsp3) is 0.379. The number of phenolic OH excluding ortho intramolecular Hbond substituents is 1. The number of aromatic amines is 1. The number of nitrogens with one attached hydrogen (secondary N) is 1. The second kappa shape index (κ2) is 10.9. The number of unbranched alkanes of at least 4 members (excludes halogenated alkanes) is 2. The van der Waals surface area contributed by atoms with Crippen LogP contribution in [-0.2, 0) is 0 Å². The number of amides is 1. The highest BCUT2D eigenvalue weighted by Gasteiger charge is 2.42. The van der Waals surface area contributed by atoms with Crippen LogP contribution in [0.4, 0.5) is 0 Å². The Labute approximate surface area is 212 Å². The van der Waals surface area contributed by atoms with Crippen LogP contribution in [0.15, 0.2) is 43.0 Å². The number of hydrogen-bond donors (Lipinski definition) is 2. The minimum atomic E-state index is -0.423. The van der Waals surface area contributed by atoms with Crippen molar-refractivity contribution in [1.29, 1.82) is 0 Å². The Morgan fingerprint density at radius 1 is 1.14 bits per heavy atom. The van der Waals surface area contributed by atoms with Crippen LogP contribution in [0.1, 0.15) is 71.9 Å². The minimum absolute atomic E-state index is 0.140. The maximum absolute atomic E-state index is 13.4. The summed E-state index contributed by atoms with van der Waals surface area (Å²) < 4.78 is 12.0. The first-order chi connectivity index (χ1) is 17.4. The molecule has 0 aliphatic carbocycles. The van der Waals surface area contributed by atoms with Gasteiger partial charge in [0.1, 0.15) is 17.1 Å². The molecule has 2 aromatic carbocycles. The Bertz CT molecular complexity index is 1240. The lowest BCUT2D eigenvalue weighted by Crippen LogP contribution is -2.29. The largest absolute Gasteiger partial charge is 0.507 e. The van der Waals surface area contributed by atoms with Crippen LogP contribution in [0.2, 0.25) is 0 Å². The summed E-state index contributed by atoms with van der Waals surface area (Å²) in [5, 5.41) is 18.3. The van der Waals surface area contributed by atoms with Crippen LogP contribution >= 0.6 is 0 Å². The predicted molar refractivity (Wildman–Crippen MR) is 141 cm³/mol. The second-order valence-electron chi connectivity index (χ2n) is 9.18. The molecule has 7 nitrogen and oxygen atoms in total. The summed E-state index contributed by atoms with van der Waals surface area (Å²) in [4.78, 5) is 15.2. The summed E-state index contributed by atoms with van der Waals surface area (Å²) in [7, 11) is 0. The van der Waals surface area contributed by atoms with Gasteiger partial charge in [0, 0.05) is 17.7 Å². The molecule has 1 aliphatic rings. The third-order valence-corrected chi connectivity index (χ3v) is 6.47. The summed E-state index contributed by atoms with van der Waals surface area (Å²) in [5.41, 5.74) is 5.08. The molecular formula is C29H35N3O4. The van der Waals surface area contributed by atoms with Gasteiger partial charge >= 0.3 is 0 Å². The lowest BCUT2D eigenvalue weighted by Gasteiger charge is -2.26. The highest BCUT2D eigenvalue weighted by atomic mass is 16.5. The van der Waals surface area contributed by atoms with Crippen molar-refractivity contribution in [2.45, 2.75) is 53.0 Å². The van der Waals surface area contributed by atoms with Gasteiger partial charge in [0.05, 0.1) is 19.3 Å². The Kier molecular flexibility index (Phi) is 7.67. The first-order valence-corrected chi connectivity index (χ1v) is 12.6. The number of aromatic hydroxyl groups is 1. The number of phenols is 1. The first-order valence-electron chi connectivity index (χ1n) is 12.6. The van der Waals surface area contributed by atoms with Crippen molar-refractivity contribution in [3.05, 3.63) is 70.9 Å². The lowest BCUT2D eigenvalue weighted by molar-refractivity contribution is 0.0764. The molecule has 0 saturated heterocycles. The van der Waals surface area contributed by atoms with Crippen LogP contribution < -0.4 is 9.47 Å². The number of rotatable bonds is 11. The maximum atomic E-state index is 13.4. The summed E-state index contributed by atoms with van der Waals surface area (Å²) in [6, 6.07) is 9.12. The molecule has 1 amide bonds. The number of fused-ring (bicyclic) bond motifs is 1. The van der Waals surface area contributed by atoms with Crippen LogP contribution in [0.3, 0.4) is 0 Å². The van der Waals surface area contributed by atoms with Crippen molar-refractivity contribution in [3.63, 3.8) is 0 Å². The van der Waals surface area contributed by atoms with E-state index in [4.69, 9.17) is 9.47 Å². The first kappa shape index (κ1) is 25.4. The zero-order valence-corrected chi connectivity index (χ0v) is 21.6. The SMILES string of the molecule is C=CCN1C(=O)c2[nH]nc(-c3c(C)cc(C)cc3O)c2C1c1ccc(OCCCCC)c(OCC)c1. The van der Waals surface area contributed by atoms with Gasteiger partial charge in [-0.15, -0.1) is 6.58 Å². The molecule has 7 heteroatoms. The normalized spacial score (nSPS) is 14.7. The lowest BCUT2D eigenvalue weighted by atomic mass is 9.93. The van der Waals surface area contributed by atoms with Gasteiger partial charge in [0.2, 0.25) is 0 Å². The molecule has 3 aromatic rings. The second-order valence-corrected chi connectivity index (χ2v) is 9.18. The zero-order chi connectivity index (χ0) is 25.8. The fourth-order valence-electron chi connectivity index (χ4n) is 4.93. The number of nitrogens with zero attached hydrogens (tertiary/aromatic N) is 2. The number of carbonyl (C=O) groups is 1. The predicted octanol–water partition coefficient (Wildman–Crippen LogP) is 6.10. The summed E-state index contributed by atoms with van der Waals surface area (Å²) in [5.74, 6) is 1.32. The van der Waals surface area contributed by atoms with Gasteiger partial charge in [-0.05, 0) is 62.1 Å². The Morgan fingerprint density at radius 2 is 1.94 bits per heavy atom. The van der Waals surface area contributed by atoms with Crippen LogP contribution in [0, 0.1) is 13.8 Å². The Morgan fingerprint density at radius 3 is 2.64 bits per heavy atom. The molecule has 1 aromatic heterocycles. The van der Waals surface area contributed by atoms with Gasteiger partial charge in [-0.2, -0.15) is 5.10 Å². The zero-order valence-electron chi connectivity index (χ0n) is 21.6. The Balaban J connectivity index is 1.82. The molecule has 190 valence electrons. The molecule has 2 heterocycles. The van der Waals surface area contributed by atoms with E-state index in [1.807, 2.05) is 45.0 Å². The smallest absolute Gasteiger partial charge is 0.273 e. The van der Waals surface area contributed by atoms with Crippen LogP contribution in [0.25, 0.3) is 11.3 Å². The van der Waals surface area contributed by atoms with Crippen molar-refractivity contribution in [2.75, 3.05) is 19.8 Å². The fourth-order valence-corrected chi connectivity index (χ4v) is 4.93. The van der Waals surface area contributed by atoms with Crippen molar-refractivity contribution in [1.82, 2.24) is 15.1 Å². The van der Waals surface area contributed by atoms with Gasteiger partial charge in [-0.1, -0.05) is 38.0 Å². The average Bonchev–Trinajstić information content (AvgIpc) is 3.37. The number of hydrogen-bond acceptors (Lipinski definition) is 5. The van der Waals surface area contributed by atoms with E-state index in [-0.39, 0.29) is 11.7 Å². The van der Waals surface area contributed by atoms with Crippen molar-refractivity contribution >= 4 is 5.91 Å². The molecular weight excluding hydrogens is 454 g/mol. The molecule has 4 rings (SSSR count). The standard InChI is InChI=1S/C29H35N3O4/c1-6-9-10-14-36-22-12-11-20(17-23(22)35-8-3)28-25-26(24-19(5)15-18(4)16-21(24)33)30-31-27(25)29(34)32(28)13-7-2/h7,11-12,15-17,28,33H,2,6,8-10,13-14H2,1,3-5H3,(H,30,31). The van der Waals surface area contributed by atoms with Gasteiger partial charge in [-0.3, -0.25) is 9.89 Å². The minimum Gasteiger partial charge on any atom is -0.507 e. The van der Waals surface area contributed by atoms with Gasteiger partial charge in [-0.25, -0.2) is 0 Å². The molecule has 0 saturated carbocycles. The highest BCUT2D eigenvalue weighted by Crippen LogP contribution is 2.46. The monoisotopic (exact) mass is 489 g/mol. The van der Waals surface area contributed by atoms with Crippen LogP contribution in [-0.4, -0.2) is 45.9 Å². The van der Waals surface area contributed by atoms with Crippen molar-refractivity contribution in [3.8, 4) is 28.5 Å². The van der Waals surface area contributed by atoms with Gasteiger partial charge in [0.25, 0.3) is 5.91 Å². The van der Waals surface area contributed by atoms with E-state index in [1.54, 1.807) is 17.0 Å². The van der Waals surface area contributed by atoms with Crippen LogP contribution in [0.5, 0.6) is 17.2 Å². The highest BCUT2D eigenvalue weighted by molar-refractivity contribution is 6.00. The summed E-state index contributed by atoms with van der Waals surface area (Å²) >= 11 is 0. The third-order valence-electron chi connectivity index (χ3n) is 6.47. The molecule has 1 aliphatic heterocycles. The van der Waals surface area contributed by atoms with Crippen molar-refractivity contribution in [2.24, 2.45) is 0 Å². The molecule has 0 radical (unpaired) electrons. The van der Waals surface area contributed by atoms with E-state index >= 15 is 0 Å². The molecule has 36 heavy (non-hydrogen) atoms. The maximum Gasteiger partial charge on any atom is 0.273 e. The summed E-state index contributed by atoms with van der Waals surface area (Å²) in [6.07, 6.45) is 4.93. The van der Waals surface area contributed by atoms with E-state index in [2.05, 4.69) is 23.7 Å². The number of ether oxygens (including phenoxy) is 2. The Hall–Kier alpha value is -3.74. The molecule has 2 N–H and O–H groups in total. The number of aromatic nitrogens is 2. The molecule has 1 atom stereocenters. The quantitative estimate of drug-likeness (QED) is 0.251.